The van der Waals surface area contributed by atoms with Crippen molar-refractivity contribution in [3.63, 3.8) is 0 Å². The second-order valence-electron chi connectivity index (χ2n) is 8.31. The van der Waals surface area contributed by atoms with Gasteiger partial charge >= 0.3 is 0 Å². The molecule has 0 fully saturated rings. The molecular formula is C25H33N3O3S. The fourth-order valence-corrected chi connectivity index (χ4v) is 3.93. The van der Waals surface area contributed by atoms with Crippen molar-refractivity contribution in [3.05, 3.63) is 71.8 Å². The second kappa shape index (κ2) is 12.4. The number of hydrogen-bond acceptors (Lipinski definition) is 5. The molecule has 0 saturated carbocycles. The lowest BCUT2D eigenvalue weighted by molar-refractivity contribution is -0.152. The van der Waals surface area contributed by atoms with Crippen molar-refractivity contribution in [3.8, 4) is 0 Å². The Balaban J connectivity index is 2.40. The van der Waals surface area contributed by atoms with Gasteiger partial charge in [-0.25, -0.2) is 0 Å². The number of likely N-dealkylation sites (N-methyl/N-ethyl adjacent to an activating group) is 1. The molecule has 0 aliphatic carbocycles. The Labute approximate surface area is 196 Å². The van der Waals surface area contributed by atoms with E-state index in [1.54, 1.807) is 0 Å². The van der Waals surface area contributed by atoms with Gasteiger partial charge in [0.1, 0.15) is 6.04 Å². The molecule has 2 aromatic rings. The maximum atomic E-state index is 13.5. The average molecular weight is 456 g/mol. The fraction of sp³-hybridized carbons (Fsp3) is 0.400. The number of benzene rings is 2. The topological polar surface area (TPSA) is 92.5 Å². The quantitative estimate of drug-likeness (QED) is 0.480. The molecule has 32 heavy (non-hydrogen) atoms. The first-order valence-corrected chi connectivity index (χ1v) is 11.4. The molecule has 1 unspecified atom stereocenters. The Morgan fingerprint density at radius 3 is 1.88 bits per heavy atom. The van der Waals surface area contributed by atoms with Crippen molar-refractivity contribution in [2.75, 3.05) is 7.05 Å². The van der Waals surface area contributed by atoms with Crippen LogP contribution in [0.15, 0.2) is 60.7 Å². The van der Waals surface area contributed by atoms with Crippen LogP contribution >= 0.6 is 12.6 Å². The van der Waals surface area contributed by atoms with Crippen molar-refractivity contribution in [2.45, 2.75) is 50.4 Å². The number of hydrogen-bond donors (Lipinski definition) is 3. The van der Waals surface area contributed by atoms with Gasteiger partial charge in [-0.3, -0.25) is 19.3 Å². The first kappa shape index (κ1) is 25.6. The Hall–Kier alpha value is -2.64. The molecule has 0 aliphatic rings. The van der Waals surface area contributed by atoms with Gasteiger partial charge in [0.15, 0.2) is 0 Å². The summed E-state index contributed by atoms with van der Waals surface area (Å²) >= 11 is 4.51. The van der Waals surface area contributed by atoms with E-state index in [9.17, 15) is 14.4 Å². The van der Waals surface area contributed by atoms with Crippen LogP contribution in [0.1, 0.15) is 31.4 Å². The third-order valence-corrected chi connectivity index (χ3v) is 5.61. The lowest BCUT2D eigenvalue weighted by atomic mass is 9.98. The number of thiol groups is 1. The summed E-state index contributed by atoms with van der Waals surface area (Å²) in [6, 6.07) is 16.8. The third-order valence-electron chi connectivity index (χ3n) is 5.21. The molecule has 0 aliphatic heterocycles. The Bertz CT molecular complexity index is 890. The molecule has 3 N–H and O–H groups in total. The zero-order valence-electron chi connectivity index (χ0n) is 18.9. The summed E-state index contributed by atoms with van der Waals surface area (Å²) in [4.78, 5) is 40.8. The molecule has 0 aromatic heterocycles. The number of rotatable bonds is 10. The number of nitrogens with zero attached hydrogens (tertiary/aromatic N) is 1. The van der Waals surface area contributed by atoms with Crippen LogP contribution in [0, 0.1) is 5.92 Å². The third kappa shape index (κ3) is 7.21. The van der Waals surface area contributed by atoms with E-state index in [-0.39, 0.29) is 12.3 Å². The number of carbonyl (C=O) groups excluding carboxylic acids is 3. The summed E-state index contributed by atoms with van der Waals surface area (Å²) in [5.41, 5.74) is 7.93. The van der Waals surface area contributed by atoms with Gasteiger partial charge in [-0.1, -0.05) is 74.5 Å². The van der Waals surface area contributed by atoms with Crippen molar-refractivity contribution >= 4 is 30.4 Å². The smallest absolute Gasteiger partial charge is 0.246 e. The van der Waals surface area contributed by atoms with Gasteiger partial charge < -0.3 is 11.1 Å². The summed E-state index contributed by atoms with van der Waals surface area (Å²) in [6.07, 6.45) is 0.931. The summed E-state index contributed by atoms with van der Waals surface area (Å²) in [5.74, 6) is -1.34. The molecule has 0 radical (unpaired) electrons. The molecule has 3 amide bonds. The fourth-order valence-electron chi connectivity index (χ4n) is 3.59. The molecule has 0 heterocycles. The summed E-state index contributed by atoms with van der Waals surface area (Å²) in [5, 5.41) is 1.80. The first-order valence-electron chi connectivity index (χ1n) is 10.8. The standard InChI is InChI=1S/C25H33N3O3S/c1-17(2)14-20(26)24(30)28(25(31)22(32)16-19-12-8-5-9-13-19)21(23(29)27-3)15-18-10-6-4-7-11-18/h4-13,17,20-22,32H,14-16,26H2,1-3H3,(H,27,29)/t20-,21-,22?/m0/s1. The van der Waals surface area contributed by atoms with E-state index >= 15 is 0 Å². The molecule has 2 rings (SSSR count). The number of imide groups is 1. The molecule has 172 valence electrons. The largest absolute Gasteiger partial charge is 0.357 e. The van der Waals surface area contributed by atoms with Crippen LogP contribution in [0.25, 0.3) is 0 Å². The summed E-state index contributed by atoms with van der Waals surface area (Å²) in [7, 11) is 1.49. The molecule has 0 saturated heterocycles. The van der Waals surface area contributed by atoms with Gasteiger partial charge in [0.25, 0.3) is 0 Å². The minimum absolute atomic E-state index is 0.162. The highest BCUT2D eigenvalue weighted by Gasteiger charge is 2.39. The maximum Gasteiger partial charge on any atom is 0.246 e. The molecule has 7 heteroatoms. The molecule has 0 spiro atoms. The molecular weight excluding hydrogens is 422 g/mol. The van der Waals surface area contributed by atoms with Crippen LogP contribution in [0.4, 0.5) is 0 Å². The van der Waals surface area contributed by atoms with E-state index in [1.807, 2.05) is 74.5 Å². The highest BCUT2D eigenvalue weighted by atomic mass is 32.1. The Morgan fingerprint density at radius 1 is 0.906 bits per heavy atom. The molecule has 6 nitrogen and oxygen atoms in total. The van der Waals surface area contributed by atoms with E-state index in [0.29, 0.717) is 12.8 Å². The molecule has 2 aromatic carbocycles. The normalized spacial score (nSPS) is 13.8. The minimum Gasteiger partial charge on any atom is -0.357 e. The van der Waals surface area contributed by atoms with Gasteiger partial charge in [0.05, 0.1) is 11.3 Å². The summed E-state index contributed by atoms with van der Waals surface area (Å²) < 4.78 is 0. The predicted molar refractivity (Wildman–Crippen MR) is 130 cm³/mol. The van der Waals surface area contributed by atoms with E-state index < -0.39 is 35.1 Å². The summed E-state index contributed by atoms with van der Waals surface area (Å²) in [6.45, 7) is 3.91. The van der Waals surface area contributed by atoms with Crippen LogP contribution in [-0.2, 0) is 27.2 Å². The van der Waals surface area contributed by atoms with Crippen LogP contribution in [0.3, 0.4) is 0 Å². The Kier molecular flexibility index (Phi) is 9.94. The zero-order valence-corrected chi connectivity index (χ0v) is 19.8. The SMILES string of the molecule is CNC(=O)[C@H](Cc1ccccc1)N(C(=O)C(S)Cc1ccccc1)C(=O)[C@@H](N)CC(C)C. The molecule has 3 atom stereocenters. The average Bonchev–Trinajstić information content (AvgIpc) is 2.78. The first-order chi connectivity index (χ1) is 15.2. The van der Waals surface area contributed by atoms with Gasteiger partial charge in [0.2, 0.25) is 17.7 Å². The van der Waals surface area contributed by atoms with E-state index in [0.717, 1.165) is 16.0 Å². The van der Waals surface area contributed by atoms with Crippen LogP contribution < -0.4 is 11.1 Å². The number of amides is 3. The number of nitrogens with two attached hydrogens (primary N) is 1. The van der Waals surface area contributed by atoms with Gasteiger partial charge in [-0.15, -0.1) is 0 Å². The van der Waals surface area contributed by atoms with Crippen molar-refractivity contribution in [2.24, 2.45) is 11.7 Å². The van der Waals surface area contributed by atoms with E-state index in [1.165, 1.54) is 7.05 Å². The highest BCUT2D eigenvalue weighted by molar-refractivity contribution is 7.81. The second-order valence-corrected chi connectivity index (χ2v) is 8.93. The number of carbonyl (C=O) groups is 3. The number of nitrogens with one attached hydrogen (secondary N) is 1. The Morgan fingerprint density at radius 2 is 1.41 bits per heavy atom. The monoisotopic (exact) mass is 455 g/mol. The molecule has 0 bridgehead atoms. The van der Waals surface area contributed by atoms with Gasteiger partial charge in [-0.2, -0.15) is 12.6 Å². The van der Waals surface area contributed by atoms with Crippen LogP contribution in [0.2, 0.25) is 0 Å². The van der Waals surface area contributed by atoms with Crippen LogP contribution in [-0.4, -0.2) is 47.0 Å². The minimum atomic E-state index is -1.02. The predicted octanol–water partition coefficient (Wildman–Crippen LogP) is 2.61. The maximum absolute atomic E-state index is 13.5. The van der Waals surface area contributed by atoms with Crippen molar-refractivity contribution in [1.29, 1.82) is 0 Å². The lowest BCUT2D eigenvalue weighted by Gasteiger charge is -2.33. The van der Waals surface area contributed by atoms with E-state index in [4.69, 9.17) is 5.73 Å². The van der Waals surface area contributed by atoms with Gasteiger partial charge in [0, 0.05) is 13.5 Å². The van der Waals surface area contributed by atoms with Crippen LogP contribution in [0.5, 0.6) is 0 Å². The van der Waals surface area contributed by atoms with Gasteiger partial charge in [-0.05, 0) is 29.9 Å². The van der Waals surface area contributed by atoms with Crippen molar-refractivity contribution < 1.29 is 14.4 Å². The lowest BCUT2D eigenvalue weighted by Crippen LogP contribution is -2.59. The highest BCUT2D eigenvalue weighted by Crippen LogP contribution is 2.19. The van der Waals surface area contributed by atoms with E-state index in [2.05, 4.69) is 17.9 Å². The zero-order chi connectivity index (χ0) is 23.7. The van der Waals surface area contributed by atoms with Crippen molar-refractivity contribution in [1.82, 2.24) is 10.2 Å².